The summed E-state index contributed by atoms with van der Waals surface area (Å²) in [5.41, 5.74) is 0. The Kier molecular flexibility index (Phi) is 24.2. The van der Waals surface area contributed by atoms with Crippen LogP contribution in [0.15, 0.2) is 0 Å². The first kappa shape index (κ1) is 32.8. The number of rotatable bonds is 20. The van der Waals surface area contributed by atoms with Crippen molar-refractivity contribution in [3.8, 4) is 0 Å². The zero-order valence-corrected chi connectivity index (χ0v) is 20.6. The molecule has 0 aliphatic heterocycles. The van der Waals surface area contributed by atoms with E-state index in [-0.39, 0.29) is 25.9 Å². The fourth-order valence-corrected chi connectivity index (χ4v) is 3.54. The standard InChI is InChI=1S/C19H41NO4.C2H6O4S/c1-3-4-5-6-7-8-9-10-15-24-17-19(23)16-18(2)20(11-13-21)12-14-22;1-2-6-7(3,4)5/h18-19,21-23H,3-17H2,1-2H3;2H2,1H3,(H,3,4,5). The van der Waals surface area contributed by atoms with E-state index < -0.39 is 16.5 Å². The maximum Gasteiger partial charge on any atom is 0.217 e. The highest BCUT2D eigenvalue weighted by atomic mass is 32.3. The van der Waals surface area contributed by atoms with Crippen LogP contribution in [0.3, 0.4) is 0 Å². The van der Waals surface area contributed by atoms with E-state index in [1.165, 1.54) is 51.9 Å². The lowest BCUT2D eigenvalue weighted by Gasteiger charge is -2.26. The zero-order chi connectivity index (χ0) is 24.0. The molecule has 0 rings (SSSR count). The average molecular weight is 474 g/mol. The number of hydrogen-bond acceptors (Lipinski definition) is 8. The van der Waals surface area contributed by atoms with Crippen LogP contribution in [0.2, 0.25) is 0 Å². The SMILES string of the molecule is CCCCCCCCCCOCC(O)CC(C)[NH+](CCO)CCO.CCOS(=O)(=O)[O-]. The Morgan fingerprint density at radius 2 is 1.45 bits per heavy atom. The molecule has 4 N–H and O–H groups in total. The van der Waals surface area contributed by atoms with E-state index >= 15 is 0 Å². The maximum absolute atomic E-state index is 10.1. The van der Waals surface area contributed by atoms with Crippen molar-refractivity contribution in [1.82, 2.24) is 0 Å². The van der Waals surface area contributed by atoms with Crippen LogP contribution < -0.4 is 4.90 Å². The van der Waals surface area contributed by atoms with Gasteiger partial charge in [0.05, 0.1) is 38.6 Å². The van der Waals surface area contributed by atoms with Crippen LogP contribution in [-0.4, -0.2) is 86.6 Å². The summed E-state index contributed by atoms with van der Waals surface area (Å²) in [6.45, 7) is 8.14. The van der Waals surface area contributed by atoms with Crippen LogP contribution in [0.5, 0.6) is 0 Å². The van der Waals surface area contributed by atoms with Crippen molar-refractivity contribution in [2.45, 2.75) is 90.7 Å². The van der Waals surface area contributed by atoms with Crippen LogP contribution in [0.4, 0.5) is 0 Å². The van der Waals surface area contributed by atoms with Crippen LogP contribution in [0.25, 0.3) is 0 Å². The summed E-state index contributed by atoms with van der Waals surface area (Å²) in [4.78, 5) is 1.13. The Balaban J connectivity index is 0. The lowest BCUT2D eigenvalue weighted by Crippen LogP contribution is -3.16. The molecule has 2 atom stereocenters. The Morgan fingerprint density at radius 1 is 0.935 bits per heavy atom. The molecule has 0 saturated carbocycles. The molecule has 0 aromatic rings. The second-order valence-electron chi connectivity index (χ2n) is 7.76. The van der Waals surface area contributed by atoms with E-state index in [0.717, 1.165) is 17.9 Å². The van der Waals surface area contributed by atoms with Gasteiger partial charge in [-0.25, -0.2) is 8.42 Å². The second kappa shape index (κ2) is 22.8. The molecule has 0 saturated heterocycles. The highest BCUT2D eigenvalue weighted by Crippen LogP contribution is 2.08. The van der Waals surface area contributed by atoms with Gasteiger partial charge in [0.1, 0.15) is 13.1 Å². The van der Waals surface area contributed by atoms with Gasteiger partial charge in [0.25, 0.3) is 0 Å². The predicted octanol–water partition coefficient (Wildman–Crippen LogP) is 0.636. The largest absolute Gasteiger partial charge is 0.726 e. The van der Waals surface area contributed by atoms with Gasteiger partial charge >= 0.3 is 0 Å². The summed E-state index contributed by atoms with van der Waals surface area (Å²) >= 11 is 0. The minimum Gasteiger partial charge on any atom is -0.726 e. The molecule has 190 valence electrons. The van der Waals surface area contributed by atoms with Gasteiger partial charge in [-0.1, -0.05) is 51.9 Å². The van der Waals surface area contributed by atoms with Gasteiger partial charge in [-0.05, 0) is 20.3 Å². The van der Waals surface area contributed by atoms with Gasteiger partial charge in [-0.2, -0.15) is 0 Å². The molecular weight excluding hydrogens is 426 g/mol. The number of aliphatic hydroxyl groups excluding tert-OH is 3. The molecule has 0 aromatic carbocycles. The van der Waals surface area contributed by atoms with Crippen LogP contribution >= 0.6 is 0 Å². The molecule has 0 spiro atoms. The number of aliphatic hydroxyl groups is 3. The van der Waals surface area contributed by atoms with E-state index in [1.54, 1.807) is 0 Å². The third-order valence-corrected chi connectivity index (χ3v) is 5.43. The summed E-state index contributed by atoms with van der Waals surface area (Å²) in [5, 5.41) is 28.2. The summed E-state index contributed by atoms with van der Waals surface area (Å²) < 4.78 is 37.6. The van der Waals surface area contributed by atoms with Crippen molar-refractivity contribution in [1.29, 1.82) is 0 Å². The normalized spacial score (nSPS) is 13.7. The van der Waals surface area contributed by atoms with Crippen molar-refractivity contribution in [2.75, 3.05) is 46.1 Å². The van der Waals surface area contributed by atoms with Crippen molar-refractivity contribution in [2.24, 2.45) is 0 Å². The number of nitrogens with one attached hydrogen (secondary N) is 1. The molecule has 0 aliphatic rings. The minimum absolute atomic E-state index is 0.0914. The van der Waals surface area contributed by atoms with Crippen molar-refractivity contribution < 1.29 is 42.1 Å². The van der Waals surface area contributed by atoms with Crippen LogP contribution in [0.1, 0.15) is 78.6 Å². The van der Waals surface area contributed by atoms with Gasteiger partial charge in [0, 0.05) is 13.0 Å². The third-order valence-electron chi connectivity index (χ3n) is 4.90. The number of unbranched alkanes of at least 4 members (excludes halogenated alkanes) is 7. The van der Waals surface area contributed by atoms with E-state index in [9.17, 15) is 18.1 Å². The molecule has 0 radical (unpaired) electrons. The van der Waals surface area contributed by atoms with Gasteiger partial charge in [0.15, 0.2) is 0 Å². The molecule has 0 amide bonds. The molecule has 0 heterocycles. The number of quaternary nitrogens is 1. The van der Waals surface area contributed by atoms with Crippen molar-refractivity contribution in [3.05, 3.63) is 0 Å². The zero-order valence-electron chi connectivity index (χ0n) is 19.8. The van der Waals surface area contributed by atoms with E-state index in [0.29, 0.717) is 26.1 Å². The lowest BCUT2D eigenvalue weighted by molar-refractivity contribution is -0.924. The van der Waals surface area contributed by atoms with E-state index in [1.807, 2.05) is 6.92 Å². The summed E-state index contributed by atoms with van der Waals surface area (Å²) in [5.74, 6) is 0. The maximum atomic E-state index is 10.1. The summed E-state index contributed by atoms with van der Waals surface area (Å²) in [6, 6.07) is 0.200. The van der Waals surface area contributed by atoms with Gasteiger partial charge in [-0.15, -0.1) is 0 Å². The molecule has 0 aromatic heterocycles. The fraction of sp³-hybridized carbons (Fsp3) is 1.00. The summed E-state index contributed by atoms with van der Waals surface area (Å²) in [7, 11) is -4.42. The first-order valence-electron chi connectivity index (χ1n) is 11.6. The molecule has 10 heteroatoms. The van der Waals surface area contributed by atoms with Crippen molar-refractivity contribution in [3.63, 3.8) is 0 Å². The minimum atomic E-state index is -4.42. The highest BCUT2D eigenvalue weighted by Gasteiger charge is 2.20. The first-order chi connectivity index (χ1) is 14.7. The Hall–Kier alpha value is -0.330. The molecule has 31 heavy (non-hydrogen) atoms. The summed E-state index contributed by atoms with van der Waals surface area (Å²) in [6.07, 6.45) is 10.4. The molecule has 2 unspecified atom stereocenters. The van der Waals surface area contributed by atoms with Gasteiger partial charge in [-0.3, -0.25) is 4.18 Å². The Labute approximate surface area is 189 Å². The van der Waals surface area contributed by atoms with E-state index in [2.05, 4.69) is 11.1 Å². The fourth-order valence-electron chi connectivity index (χ4n) is 3.25. The number of ether oxygens (including phenoxy) is 1. The lowest BCUT2D eigenvalue weighted by atomic mass is 10.1. The first-order valence-corrected chi connectivity index (χ1v) is 13.0. The highest BCUT2D eigenvalue weighted by molar-refractivity contribution is 7.80. The van der Waals surface area contributed by atoms with Gasteiger partial charge in [0.2, 0.25) is 10.4 Å². The van der Waals surface area contributed by atoms with Gasteiger partial charge < -0.3 is 29.5 Å². The second-order valence-corrected chi connectivity index (χ2v) is 8.81. The monoisotopic (exact) mass is 473 g/mol. The van der Waals surface area contributed by atoms with Crippen molar-refractivity contribution >= 4 is 10.4 Å². The van der Waals surface area contributed by atoms with Crippen LogP contribution in [0, 0.1) is 0 Å². The average Bonchev–Trinajstić information content (AvgIpc) is 2.68. The number of hydrogen-bond donors (Lipinski definition) is 4. The molecule has 9 nitrogen and oxygen atoms in total. The quantitative estimate of drug-likeness (QED) is 0.115. The molecule has 0 fully saturated rings. The molecular formula is C21H47NO8S. The Morgan fingerprint density at radius 3 is 1.87 bits per heavy atom. The topological polar surface area (TPSA) is 141 Å². The smallest absolute Gasteiger partial charge is 0.217 e. The molecule has 0 aliphatic carbocycles. The third kappa shape index (κ3) is 25.8. The van der Waals surface area contributed by atoms with Crippen LogP contribution in [-0.2, 0) is 19.3 Å². The Bertz CT molecular complexity index is 458. The predicted molar refractivity (Wildman–Crippen MR) is 120 cm³/mol. The molecule has 0 bridgehead atoms. The van der Waals surface area contributed by atoms with E-state index in [4.69, 9.17) is 14.9 Å².